The molecule has 0 saturated heterocycles. The molecule has 3 aromatic carbocycles. The number of β-amino-alcohol motifs (C(OH)–C–C–N with tert-alkyl or cyclic N) is 1. The average Bonchev–Trinajstić information content (AvgIpc) is 2.78. The first kappa shape index (κ1) is 20.1. The van der Waals surface area contributed by atoms with Crippen LogP contribution in [0.2, 0.25) is 0 Å². The highest BCUT2D eigenvalue weighted by atomic mass is 16.5. The molecular formula is C25H26N2O3. The van der Waals surface area contributed by atoms with Gasteiger partial charge < -0.3 is 15.6 Å². The summed E-state index contributed by atoms with van der Waals surface area (Å²) in [5.41, 5.74) is 10.5. The summed E-state index contributed by atoms with van der Waals surface area (Å²) in [6.45, 7) is 2.64. The van der Waals surface area contributed by atoms with Crippen molar-refractivity contribution in [2.24, 2.45) is 5.73 Å². The normalized spacial score (nSPS) is 14.7. The molecule has 3 N–H and O–H groups in total. The second kappa shape index (κ2) is 9.11. The molecule has 1 amide bonds. The standard InChI is InChI=1S/C25H26N2O3/c26-25(29)20-10-8-19(9-11-20)21-6-3-7-24(14-21)30-17-23(28)16-27-13-12-18-4-1-2-5-22(18)15-27/h1-11,14,23,28H,12-13,15-17H2,(H2,26,29). The van der Waals surface area contributed by atoms with Crippen molar-refractivity contribution < 1.29 is 14.6 Å². The number of ether oxygens (including phenoxy) is 1. The first-order valence-electron chi connectivity index (χ1n) is 10.2. The Bertz CT molecular complexity index is 1020. The van der Waals surface area contributed by atoms with Gasteiger partial charge in [0.2, 0.25) is 5.91 Å². The maximum atomic E-state index is 11.2. The van der Waals surface area contributed by atoms with Gasteiger partial charge in [-0.2, -0.15) is 0 Å². The van der Waals surface area contributed by atoms with E-state index < -0.39 is 12.0 Å². The molecule has 4 rings (SSSR count). The fraction of sp³-hybridized carbons (Fsp3) is 0.240. The molecule has 3 aromatic rings. The van der Waals surface area contributed by atoms with Crippen LogP contribution in [-0.2, 0) is 13.0 Å². The van der Waals surface area contributed by atoms with Gasteiger partial charge in [0.05, 0.1) is 0 Å². The highest BCUT2D eigenvalue weighted by Gasteiger charge is 2.18. The van der Waals surface area contributed by atoms with Crippen molar-refractivity contribution in [2.45, 2.75) is 19.1 Å². The lowest BCUT2D eigenvalue weighted by molar-refractivity contribution is 0.0638. The molecule has 0 spiro atoms. The Balaban J connectivity index is 1.33. The highest BCUT2D eigenvalue weighted by Crippen LogP contribution is 2.24. The van der Waals surface area contributed by atoms with Gasteiger partial charge in [0.15, 0.2) is 0 Å². The molecule has 1 heterocycles. The van der Waals surface area contributed by atoms with E-state index in [4.69, 9.17) is 10.5 Å². The minimum atomic E-state index is -0.561. The van der Waals surface area contributed by atoms with Gasteiger partial charge >= 0.3 is 0 Å². The summed E-state index contributed by atoms with van der Waals surface area (Å²) in [5, 5.41) is 10.5. The molecule has 0 bridgehead atoms. The van der Waals surface area contributed by atoms with Crippen molar-refractivity contribution in [3.05, 3.63) is 89.5 Å². The van der Waals surface area contributed by atoms with E-state index in [0.29, 0.717) is 17.9 Å². The van der Waals surface area contributed by atoms with E-state index in [1.54, 1.807) is 12.1 Å². The molecule has 0 radical (unpaired) electrons. The molecule has 5 nitrogen and oxygen atoms in total. The number of benzene rings is 3. The Morgan fingerprint density at radius 3 is 2.53 bits per heavy atom. The van der Waals surface area contributed by atoms with Crippen molar-refractivity contribution in [3.8, 4) is 16.9 Å². The molecule has 0 aromatic heterocycles. The third kappa shape index (κ3) is 4.87. The van der Waals surface area contributed by atoms with Gasteiger partial charge in [0, 0.05) is 25.2 Å². The molecule has 1 aliphatic rings. The van der Waals surface area contributed by atoms with Crippen LogP contribution in [0.15, 0.2) is 72.8 Å². The molecule has 0 saturated carbocycles. The quantitative estimate of drug-likeness (QED) is 0.636. The number of nitrogens with zero attached hydrogens (tertiary/aromatic N) is 1. The smallest absolute Gasteiger partial charge is 0.248 e. The number of carbonyl (C=O) groups excluding carboxylic acids is 1. The SMILES string of the molecule is NC(=O)c1ccc(-c2cccc(OCC(O)CN3CCc4ccccc4C3)c2)cc1. The lowest BCUT2D eigenvalue weighted by Gasteiger charge is -2.30. The zero-order chi connectivity index (χ0) is 20.9. The van der Waals surface area contributed by atoms with Crippen LogP contribution in [0.25, 0.3) is 11.1 Å². The minimum absolute atomic E-state index is 0.238. The largest absolute Gasteiger partial charge is 0.491 e. The van der Waals surface area contributed by atoms with Gasteiger partial charge in [-0.1, -0.05) is 48.5 Å². The monoisotopic (exact) mass is 402 g/mol. The highest BCUT2D eigenvalue weighted by molar-refractivity contribution is 5.93. The maximum Gasteiger partial charge on any atom is 0.248 e. The zero-order valence-corrected chi connectivity index (χ0v) is 16.8. The Hall–Kier alpha value is -3.15. The minimum Gasteiger partial charge on any atom is -0.491 e. The maximum absolute atomic E-state index is 11.2. The van der Waals surface area contributed by atoms with Crippen LogP contribution in [0, 0.1) is 0 Å². The van der Waals surface area contributed by atoms with Crippen molar-refractivity contribution in [3.63, 3.8) is 0 Å². The Kier molecular flexibility index (Phi) is 6.12. The third-order valence-corrected chi connectivity index (χ3v) is 5.46. The number of fused-ring (bicyclic) bond motifs is 1. The predicted molar refractivity (Wildman–Crippen MR) is 117 cm³/mol. The topological polar surface area (TPSA) is 75.8 Å². The Morgan fingerprint density at radius 2 is 1.77 bits per heavy atom. The second-order valence-electron chi connectivity index (χ2n) is 7.69. The van der Waals surface area contributed by atoms with Crippen LogP contribution in [0.4, 0.5) is 0 Å². The van der Waals surface area contributed by atoms with Crippen molar-refractivity contribution >= 4 is 5.91 Å². The zero-order valence-electron chi connectivity index (χ0n) is 16.8. The van der Waals surface area contributed by atoms with Crippen LogP contribution in [0.5, 0.6) is 5.75 Å². The van der Waals surface area contributed by atoms with Gasteiger partial charge in [0.25, 0.3) is 0 Å². The van der Waals surface area contributed by atoms with Crippen molar-refractivity contribution in [1.29, 1.82) is 0 Å². The van der Waals surface area contributed by atoms with Crippen LogP contribution >= 0.6 is 0 Å². The molecule has 1 atom stereocenters. The molecule has 154 valence electrons. The van der Waals surface area contributed by atoms with Crippen LogP contribution in [0.3, 0.4) is 0 Å². The molecule has 0 fully saturated rings. The lowest BCUT2D eigenvalue weighted by atomic mass is 10.00. The first-order valence-corrected chi connectivity index (χ1v) is 10.2. The molecule has 0 aliphatic carbocycles. The van der Waals surface area contributed by atoms with E-state index in [2.05, 4.69) is 29.2 Å². The Labute approximate surface area is 176 Å². The number of hydrogen-bond donors (Lipinski definition) is 2. The fourth-order valence-corrected chi connectivity index (χ4v) is 3.85. The fourth-order valence-electron chi connectivity index (χ4n) is 3.85. The van der Waals surface area contributed by atoms with Crippen molar-refractivity contribution in [2.75, 3.05) is 19.7 Å². The number of primary amides is 1. The predicted octanol–water partition coefficient (Wildman–Crippen LogP) is 3.25. The average molecular weight is 402 g/mol. The summed E-state index contributed by atoms with van der Waals surface area (Å²) in [5.74, 6) is 0.263. The number of nitrogens with two attached hydrogens (primary N) is 1. The van der Waals surface area contributed by atoms with Gasteiger partial charge in [-0.05, 0) is 52.9 Å². The molecule has 5 heteroatoms. The molecule has 1 aliphatic heterocycles. The summed E-state index contributed by atoms with van der Waals surface area (Å²) in [6.07, 6.45) is 0.453. The van der Waals surface area contributed by atoms with Crippen molar-refractivity contribution in [1.82, 2.24) is 4.90 Å². The van der Waals surface area contributed by atoms with Gasteiger partial charge in [-0.3, -0.25) is 9.69 Å². The van der Waals surface area contributed by atoms with Crippen LogP contribution < -0.4 is 10.5 Å². The van der Waals surface area contributed by atoms with E-state index in [1.165, 1.54) is 11.1 Å². The lowest BCUT2D eigenvalue weighted by Crippen LogP contribution is -2.38. The van der Waals surface area contributed by atoms with E-state index in [1.807, 2.05) is 36.4 Å². The second-order valence-corrected chi connectivity index (χ2v) is 7.69. The van der Waals surface area contributed by atoms with E-state index >= 15 is 0 Å². The van der Waals surface area contributed by atoms with E-state index in [0.717, 1.165) is 30.6 Å². The molecule has 1 unspecified atom stereocenters. The number of rotatable bonds is 7. The number of aliphatic hydroxyl groups is 1. The van der Waals surface area contributed by atoms with E-state index in [-0.39, 0.29) is 6.61 Å². The summed E-state index contributed by atoms with van der Waals surface area (Å²) in [4.78, 5) is 13.5. The van der Waals surface area contributed by atoms with Crippen LogP contribution in [0.1, 0.15) is 21.5 Å². The summed E-state index contributed by atoms with van der Waals surface area (Å²) in [7, 11) is 0. The number of aliphatic hydroxyl groups excluding tert-OH is 1. The molecule has 30 heavy (non-hydrogen) atoms. The number of carbonyl (C=O) groups is 1. The van der Waals surface area contributed by atoms with Crippen LogP contribution in [-0.4, -0.2) is 41.7 Å². The van der Waals surface area contributed by atoms with Gasteiger partial charge in [-0.15, -0.1) is 0 Å². The first-order chi connectivity index (χ1) is 14.6. The van der Waals surface area contributed by atoms with Gasteiger partial charge in [0.1, 0.15) is 18.5 Å². The summed E-state index contributed by atoms with van der Waals surface area (Å²) >= 11 is 0. The molecular weight excluding hydrogens is 376 g/mol. The summed E-state index contributed by atoms with van der Waals surface area (Å²) in [6, 6.07) is 23.4. The Morgan fingerprint density at radius 1 is 1.00 bits per heavy atom. The number of hydrogen-bond acceptors (Lipinski definition) is 4. The summed E-state index contributed by atoms with van der Waals surface area (Å²) < 4.78 is 5.85. The third-order valence-electron chi connectivity index (χ3n) is 5.46. The van der Waals surface area contributed by atoms with Gasteiger partial charge in [-0.25, -0.2) is 0 Å². The number of amides is 1. The van der Waals surface area contributed by atoms with E-state index in [9.17, 15) is 9.90 Å².